The van der Waals surface area contributed by atoms with Crippen LogP contribution in [0.15, 0.2) is 29.3 Å². The second kappa shape index (κ2) is 12.2. The number of nitrogens with zero attached hydrogens (tertiary/aromatic N) is 5. The van der Waals surface area contributed by atoms with Crippen molar-refractivity contribution in [3.8, 4) is 0 Å². The zero-order valence-electron chi connectivity index (χ0n) is 24.8. The highest BCUT2D eigenvalue weighted by atomic mass is 35.5. The molecule has 1 aromatic heterocycles. The number of carbonyl (C=O) groups excluding carboxylic acids is 2. The molecule has 4 rings (SSSR count). The number of hydrogen-bond acceptors (Lipinski definition) is 5. The summed E-state index contributed by atoms with van der Waals surface area (Å²) in [5.74, 6) is 1.54. The van der Waals surface area contributed by atoms with Crippen molar-refractivity contribution in [1.29, 1.82) is 0 Å². The normalized spacial score (nSPS) is 18.1. The minimum absolute atomic E-state index is 0.0477. The van der Waals surface area contributed by atoms with Gasteiger partial charge in [-0.2, -0.15) is 0 Å². The van der Waals surface area contributed by atoms with Crippen LogP contribution in [0.1, 0.15) is 82.7 Å². The number of amides is 2. The molecule has 216 valence electrons. The third kappa shape index (κ3) is 6.27. The summed E-state index contributed by atoms with van der Waals surface area (Å²) in [6.45, 7) is 13.4. The second-order valence-corrected chi connectivity index (χ2v) is 12.0. The van der Waals surface area contributed by atoms with Gasteiger partial charge in [0.2, 0.25) is 6.41 Å². The SMILES string of the molecule is CCc1cccc(CC)c1N(C=O)c1nc(C2CC2)c(Cl)cc1/C(=N\C)N1CCN(C(=O)OC(C)(C)C)CC1C. The van der Waals surface area contributed by atoms with Gasteiger partial charge in [-0.1, -0.05) is 43.6 Å². The Morgan fingerprint density at radius 1 is 1.20 bits per heavy atom. The van der Waals surface area contributed by atoms with Gasteiger partial charge in [0.25, 0.3) is 0 Å². The smallest absolute Gasteiger partial charge is 0.410 e. The standard InChI is InChI=1S/C31H42ClN5O3/c1-8-21-11-10-12-22(9-2)27(21)37(19-38)29-24(17-25(32)26(34-29)23-13-14-23)28(33-7)36-16-15-35(18-20(36)3)30(39)40-31(4,5)6/h10-12,17,19-20,23H,8-9,13-16,18H2,1-7H3/b33-28+. The van der Waals surface area contributed by atoms with Crippen LogP contribution in [-0.4, -0.2) is 71.4 Å². The summed E-state index contributed by atoms with van der Waals surface area (Å²) in [4.78, 5) is 41.1. The van der Waals surface area contributed by atoms with Crippen LogP contribution < -0.4 is 4.90 Å². The minimum Gasteiger partial charge on any atom is -0.444 e. The molecule has 2 amide bonds. The lowest BCUT2D eigenvalue weighted by Crippen LogP contribution is -2.56. The molecule has 1 unspecified atom stereocenters. The minimum atomic E-state index is -0.557. The van der Waals surface area contributed by atoms with Crippen LogP contribution in [0, 0.1) is 0 Å². The highest BCUT2D eigenvalue weighted by Crippen LogP contribution is 2.45. The Morgan fingerprint density at radius 3 is 2.35 bits per heavy atom. The van der Waals surface area contributed by atoms with E-state index in [4.69, 9.17) is 26.3 Å². The van der Waals surface area contributed by atoms with Crippen molar-refractivity contribution >= 4 is 41.4 Å². The summed E-state index contributed by atoms with van der Waals surface area (Å²) < 4.78 is 5.61. The van der Waals surface area contributed by atoms with E-state index >= 15 is 0 Å². The average Bonchev–Trinajstić information content (AvgIpc) is 3.75. The van der Waals surface area contributed by atoms with E-state index in [0.29, 0.717) is 47.8 Å². The number of benzene rings is 1. The maximum Gasteiger partial charge on any atom is 0.410 e. The van der Waals surface area contributed by atoms with Gasteiger partial charge < -0.3 is 14.5 Å². The molecule has 2 heterocycles. The van der Waals surface area contributed by atoms with Crippen LogP contribution in [0.4, 0.5) is 16.3 Å². The van der Waals surface area contributed by atoms with Gasteiger partial charge in [-0.25, -0.2) is 9.78 Å². The van der Waals surface area contributed by atoms with E-state index in [0.717, 1.165) is 54.6 Å². The number of hydrogen-bond donors (Lipinski definition) is 0. The molecule has 2 aliphatic rings. The van der Waals surface area contributed by atoms with E-state index < -0.39 is 5.60 Å². The Kier molecular flexibility index (Phi) is 9.08. The van der Waals surface area contributed by atoms with Gasteiger partial charge in [0.1, 0.15) is 11.4 Å². The summed E-state index contributed by atoms with van der Waals surface area (Å²) in [5.41, 5.74) is 4.01. The Labute approximate surface area is 243 Å². The molecule has 1 aromatic carbocycles. The second-order valence-electron chi connectivity index (χ2n) is 11.6. The first-order valence-corrected chi connectivity index (χ1v) is 14.7. The van der Waals surface area contributed by atoms with Crippen LogP contribution in [0.3, 0.4) is 0 Å². The lowest BCUT2D eigenvalue weighted by atomic mass is 10.0. The molecule has 0 bridgehead atoms. The van der Waals surface area contributed by atoms with Crippen molar-refractivity contribution in [2.45, 2.75) is 84.8 Å². The van der Waals surface area contributed by atoms with Gasteiger partial charge in [-0.15, -0.1) is 0 Å². The van der Waals surface area contributed by atoms with Crippen LogP contribution in [0.25, 0.3) is 0 Å². The number of anilines is 2. The molecule has 0 spiro atoms. The highest BCUT2D eigenvalue weighted by molar-refractivity contribution is 6.32. The number of rotatable bonds is 7. The number of aromatic nitrogens is 1. The Balaban J connectivity index is 1.77. The zero-order valence-corrected chi connectivity index (χ0v) is 25.6. The molecule has 2 aromatic rings. The molecular formula is C31H42ClN5O3. The fourth-order valence-electron chi connectivity index (χ4n) is 5.39. The number of amidine groups is 1. The quantitative estimate of drug-likeness (QED) is 0.221. The van der Waals surface area contributed by atoms with E-state index in [1.807, 2.05) is 32.9 Å². The van der Waals surface area contributed by atoms with E-state index in [9.17, 15) is 9.59 Å². The van der Waals surface area contributed by atoms with Crippen molar-refractivity contribution in [2.24, 2.45) is 4.99 Å². The van der Waals surface area contributed by atoms with Crippen LogP contribution >= 0.6 is 11.6 Å². The van der Waals surface area contributed by atoms with Gasteiger partial charge in [0.05, 0.1) is 22.0 Å². The largest absolute Gasteiger partial charge is 0.444 e. The molecule has 1 aliphatic heterocycles. The zero-order chi connectivity index (χ0) is 29.2. The van der Waals surface area contributed by atoms with E-state index in [-0.39, 0.29) is 12.1 Å². The molecule has 0 radical (unpaired) electrons. The third-order valence-corrected chi connectivity index (χ3v) is 7.79. The first-order chi connectivity index (χ1) is 19.0. The number of aliphatic imine (C=N–C) groups is 1. The summed E-state index contributed by atoms with van der Waals surface area (Å²) in [6.07, 6.45) is 4.19. The molecule has 9 heteroatoms. The summed E-state index contributed by atoms with van der Waals surface area (Å²) in [6, 6.07) is 8.04. The third-order valence-electron chi connectivity index (χ3n) is 7.49. The Bertz CT molecular complexity index is 1260. The molecule has 0 N–H and O–H groups in total. The fourth-order valence-corrected chi connectivity index (χ4v) is 5.69. The fraction of sp³-hybridized carbons (Fsp3) is 0.548. The monoisotopic (exact) mass is 567 g/mol. The maximum absolute atomic E-state index is 12.9. The molecule has 1 aliphatic carbocycles. The lowest BCUT2D eigenvalue weighted by Gasteiger charge is -2.42. The molecule has 40 heavy (non-hydrogen) atoms. The number of halogens is 1. The molecular weight excluding hydrogens is 526 g/mol. The predicted molar refractivity (Wildman–Crippen MR) is 161 cm³/mol. The van der Waals surface area contributed by atoms with E-state index in [1.54, 1.807) is 16.8 Å². The highest BCUT2D eigenvalue weighted by Gasteiger charge is 2.35. The number of piperazine rings is 1. The first kappa shape index (κ1) is 29.8. The number of pyridine rings is 1. The summed E-state index contributed by atoms with van der Waals surface area (Å²) in [5, 5.41) is 0.591. The summed E-state index contributed by atoms with van der Waals surface area (Å²) >= 11 is 6.84. The molecule has 1 atom stereocenters. The van der Waals surface area contributed by atoms with Crippen LogP contribution in [0.2, 0.25) is 5.02 Å². The molecule has 1 saturated carbocycles. The Morgan fingerprint density at radius 2 is 1.85 bits per heavy atom. The van der Waals surface area contributed by atoms with Crippen LogP contribution in [0.5, 0.6) is 0 Å². The summed E-state index contributed by atoms with van der Waals surface area (Å²) in [7, 11) is 1.75. The maximum atomic E-state index is 12.9. The van der Waals surface area contributed by atoms with Gasteiger partial charge in [0, 0.05) is 38.6 Å². The number of ether oxygens (including phenoxy) is 1. The van der Waals surface area contributed by atoms with Crippen molar-refractivity contribution in [1.82, 2.24) is 14.8 Å². The van der Waals surface area contributed by atoms with Gasteiger partial charge in [-0.3, -0.25) is 14.7 Å². The first-order valence-electron chi connectivity index (χ1n) is 14.3. The number of para-hydroxylation sites is 1. The van der Waals surface area contributed by atoms with Crippen molar-refractivity contribution < 1.29 is 14.3 Å². The molecule has 8 nitrogen and oxygen atoms in total. The van der Waals surface area contributed by atoms with Crippen molar-refractivity contribution in [3.05, 3.63) is 51.7 Å². The average molecular weight is 568 g/mol. The van der Waals surface area contributed by atoms with Crippen LogP contribution in [-0.2, 0) is 22.4 Å². The lowest BCUT2D eigenvalue weighted by molar-refractivity contribution is -0.106. The van der Waals surface area contributed by atoms with Crippen molar-refractivity contribution in [3.63, 3.8) is 0 Å². The number of carbonyl (C=O) groups is 2. The topological polar surface area (TPSA) is 78.3 Å². The predicted octanol–water partition coefficient (Wildman–Crippen LogP) is 6.35. The molecule has 1 saturated heterocycles. The van der Waals surface area contributed by atoms with E-state index in [1.165, 1.54) is 0 Å². The van der Waals surface area contributed by atoms with Gasteiger partial charge in [-0.05, 0) is 70.6 Å². The molecule has 2 fully saturated rings. The van der Waals surface area contributed by atoms with Crippen molar-refractivity contribution in [2.75, 3.05) is 31.6 Å². The van der Waals surface area contributed by atoms with Gasteiger partial charge in [0.15, 0.2) is 5.82 Å². The number of aryl methyl sites for hydroxylation is 2. The van der Waals surface area contributed by atoms with Gasteiger partial charge >= 0.3 is 6.09 Å². The Hall–Kier alpha value is -3.13. The van der Waals surface area contributed by atoms with E-state index in [2.05, 4.69) is 37.8 Å².